The molecule has 0 saturated carbocycles. The summed E-state index contributed by atoms with van der Waals surface area (Å²) in [6, 6.07) is 49.0. The smallest absolute Gasteiger partial charge is 0.155 e. The number of benzene rings is 4. The Balaban J connectivity index is 0.000000527. The van der Waals surface area contributed by atoms with Gasteiger partial charge in [-0.15, -0.1) is 43.4 Å². The van der Waals surface area contributed by atoms with Crippen LogP contribution in [-0.2, 0) is 116 Å². The van der Waals surface area contributed by atoms with E-state index in [0.717, 1.165) is 0 Å². The van der Waals surface area contributed by atoms with Gasteiger partial charge in [0.25, 0.3) is 0 Å². The van der Waals surface area contributed by atoms with Crippen molar-refractivity contribution < 1.29 is 4.68 Å². The molecule has 0 atom stereocenters. The van der Waals surface area contributed by atoms with Crippen LogP contribution in [-0.4, -0.2) is 34.6 Å². The van der Waals surface area contributed by atoms with Crippen LogP contribution in [0.25, 0.3) is 10.9 Å². The first-order valence-corrected chi connectivity index (χ1v) is 54.4. The van der Waals surface area contributed by atoms with Gasteiger partial charge in [-0.25, -0.2) is 4.98 Å². The zero-order valence-electron chi connectivity index (χ0n) is 102. The Labute approximate surface area is 875 Å². The van der Waals surface area contributed by atoms with Gasteiger partial charge >= 0.3 is 0 Å². The lowest BCUT2D eigenvalue weighted by Gasteiger charge is -2.29. The topological polar surface area (TPSA) is 78.2 Å². The highest BCUT2D eigenvalue weighted by Crippen LogP contribution is 2.41. The molecule has 7 heterocycles. The van der Waals surface area contributed by atoms with Gasteiger partial charge in [0.1, 0.15) is 11.1 Å². The number of hydrogen-bond acceptors (Lipinski definition) is 8. The fourth-order valence-corrected chi connectivity index (χ4v) is 17.2. The van der Waals surface area contributed by atoms with E-state index in [-0.39, 0.29) is 86.9 Å². The lowest BCUT2D eigenvalue weighted by atomic mass is 9.75. The Morgan fingerprint density at radius 3 is 0.850 bits per heavy atom. The average Bonchev–Trinajstić information content (AvgIpc) is 1.63. The Bertz CT molecular complexity index is 4870. The van der Waals surface area contributed by atoms with Gasteiger partial charge in [-0.1, -0.05) is 453 Å². The summed E-state index contributed by atoms with van der Waals surface area (Å²) in [6.45, 7) is 134. The molecule has 0 unspecified atom stereocenters. The standard InChI is InChI=1S/C16H24N2.3C14H22.2C13H21N.2C12H20S.C11H19NS.C10H20N3/c1-15(2,3)11-8-9-13-12(10-11)14(16(4,5)6)17-18(13)7;1-13(2,3)11-7-9-12(10-8-11)14(4,5)6;1-13(2,3)11-8-7-9-12(10-11)14(4,5)6;1-13(2,3)11-9-7-8-10-12(11)14(4,5)6;2*1-12(2,3)10-7-8-14-11(9-10)13(4,5)6;1-11(2,3)9-7-10(13-8-9)12(4,5)6;1-11(2,3)9-7-8-10(13-9)12(4,5)6;1-10(2,3)8-7-12-9(13-8)11(4,5)6;1-9(2,3)12-7-8-13(11-12)10(4,5)6/h8-10H,1-7H3;3*7-10H,1-6H3;2*7-9H,1-6H3;2*7-8H,1-6H3;7H,1-6H3;7-8H,1-6H3/q;;;;;;;;;+1. The number of thiophene rings is 2. The van der Waals surface area contributed by atoms with Crippen molar-refractivity contribution in [3.8, 4) is 0 Å². The van der Waals surface area contributed by atoms with Crippen LogP contribution in [0.5, 0.6) is 0 Å². The molecule has 0 spiro atoms. The van der Waals surface area contributed by atoms with Crippen molar-refractivity contribution in [1.82, 2.24) is 34.6 Å². The van der Waals surface area contributed by atoms with E-state index in [9.17, 15) is 0 Å². The number of hydrogen-bond donors (Lipinski definition) is 0. The number of pyridine rings is 2. The summed E-state index contributed by atoms with van der Waals surface area (Å²) in [5, 5.41) is 14.0. The van der Waals surface area contributed by atoms with E-state index in [1.54, 1.807) is 0 Å². The Hall–Kier alpha value is -7.18. The summed E-state index contributed by atoms with van der Waals surface area (Å²) in [5.41, 5.74) is 23.1. The molecule has 11 aromatic rings. The van der Waals surface area contributed by atoms with Gasteiger partial charge < -0.3 is 0 Å². The predicted molar refractivity (Wildman–Crippen MR) is 628 cm³/mol. The zero-order valence-corrected chi connectivity index (χ0v) is 104. The molecule has 7 aromatic heterocycles. The summed E-state index contributed by atoms with van der Waals surface area (Å²) in [7, 11) is 2.02. The second-order valence-corrected chi connectivity index (χ2v) is 62.6. The summed E-state index contributed by atoms with van der Waals surface area (Å²) < 4.78 is 5.96. The van der Waals surface area contributed by atoms with Crippen molar-refractivity contribution in [1.29, 1.82) is 0 Å². The molecular formula is C129H211N8S3+. The van der Waals surface area contributed by atoms with Crippen molar-refractivity contribution in [2.45, 2.75) is 524 Å². The van der Waals surface area contributed by atoms with Crippen molar-refractivity contribution >= 4 is 44.9 Å². The summed E-state index contributed by atoms with van der Waals surface area (Å²) in [6.07, 6.45) is 9.89. The molecule has 4 aromatic carbocycles. The fourth-order valence-electron chi connectivity index (χ4n) is 13.9. The van der Waals surface area contributed by atoms with E-state index < -0.39 is 0 Å². The quantitative estimate of drug-likeness (QED) is 0.141. The van der Waals surface area contributed by atoms with Crippen molar-refractivity contribution in [2.24, 2.45) is 7.05 Å². The number of aryl methyl sites for hydroxylation is 1. The molecule has 0 aliphatic rings. The van der Waals surface area contributed by atoms with Crippen molar-refractivity contribution in [2.75, 3.05) is 0 Å². The van der Waals surface area contributed by atoms with Gasteiger partial charge in [0, 0.05) is 83.6 Å². The van der Waals surface area contributed by atoms with Gasteiger partial charge in [-0.3, -0.25) is 14.6 Å². The van der Waals surface area contributed by atoms with Crippen LogP contribution in [0.3, 0.4) is 0 Å². The minimum Gasteiger partial charge on any atom is -0.268 e. The third kappa shape index (κ3) is 43.6. The second-order valence-electron chi connectivity index (χ2n) is 59.6. The molecule has 11 heteroatoms. The molecule has 11 rings (SSSR count). The minimum atomic E-state index is 0.0660. The van der Waals surface area contributed by atoms with Crippen LogP contribution < -0.4 is 4.68 Å². The molecule has 8 nitrogen and oxygen atoms in total. The first-order chi connectivity index (χ1) is 62.0. The van der Waals surface area contributed by atoms with Gasteiger partial charge in [-0.2, -0.15) is 5.10 Å². The lowest BCUT2D eigenvalue weighted by Crippen LogP contribution is -2.52. The monoisotopic (exact) mass is 1970 g/mol. The molecule has 0 bridgehead atoms. The van der Waals surface area contributed by atoms with Crippen LogP contribution in [0.4, 0.5) is 0 Å². The highest BCUT2D eigenvalue weighted by molar-refractivity contribution is 7.12. The highest BCUT2D eigenvalue weighted by atomic mass is 32.1. The molecule has 0 aliphatic carbocycles. The molecule has 140 heavy (non-hydrogen) atoms. The van der Waals surface area contributed by atoms with Crippen LogP contribution in [0, 0.1) is 0 Å². The third-order valence-corrected chi connectivity index (χ3v) is 29.2. The predicted octanol–water partition coefficient (Wildman–Crippen LogP) is 38.5. The molecule has 0 radical (unpaired) electrons. The number of rotatable bonds is 0. The van der Waals surface area contributed by atoms with Crippen LogP contribution >= 0.6 is 34.0 Å². The maximum Gasteiger partial charge on any atom is 0.155 e. The molecular weight excluding hydrogens is 1760 g/mol. The minimum absolute atomic E-state index is 0.0660. The third-order valence-electron chi connectivity index (χ3n) is 24.1. The van der Waals surface area contributed by atoms with Crippen LogP contribution in [0.15, 0.2) is 170 Å². The SMILES string of the molecule is CC(C)(C)c1ccc(C(C)(C)C)cc1.CC(C)(C)c1ccc(C(C)(C)C)s1.CC(C)(C)c1cccc(C(C)(C)C)c1.CC(C)(C)c1ccccc1C(C)(C)C.CC(C)(C)c1ccnc(C(C)(C)C)c1.CC(C)(C)c1ccnc(C(C)(C)C)c1.CC(C)(C)c1cnc(C(C)(C)C)s1.CC(C)(C)c1csc(C(C)(C)C)c1.CC(C)(C)n1cc[n+](C(C)(C)C)n1.Cn1nc(C(C)(C)C)c2cc(C(C)(C)C)ccc21. The first-order valence-electron chi connectivity index (χ1n) is 51.9. The van der Waals surface area contributed by atoms with Crippen molar-refractivity contribution in [3.63, 3.8) is 0 Å². The Kier molecular flexibility index (Phi) is 43.8. The van der Waals surface area contributed by atoms with Crippen LogP contribution in [0.2, 0.25) is 0 Å². The van der Waals surface area contributed by atoms with Gasteiger partial charge in [-0.05, 0) is 233 Å². The zero-order chi connectivity index (χ0) is 110. The van der Waals surface area contributed by atoms with E-state index in [0.29, 0.717) is 21.7 Å². The number of fused-ring (bicyclic) bond motifs is 1. The molecule has 0 saturated heterocycles. The Morgan fingerprint density at radius 1 is 0.264 bits per heavy atom. The van der Waals surface area contributed by atoms with Gasteiger partial charge in [0.15, 0.2) is 12.4 Å². The van der Waals surface area contributed by atoms with Crippen LogP contribution in [0.1, 0.15) is 513 Å². The van der Waals surface area contributed by atoms with E-state index in [1.807, 2.05) is 86.1 Å². The second kappa shape index (κ2) is 47.5. The van der Waals surface area contributed by atoms with E-state index >= 15 is 0 Å². The van der Waals surface area contributed by atoms with Gasteiger partial charge in [0.05, 0.1) is 21.4 Å². The Morgan fingerprint density at radius 2 is 0.600 bits per heavy atom. The van der Waals surface area contributed by atoms with E-state index in [4.69, 9.17) is 5.10 Å². The van der Waals surface area contributed by atoms with Gasteiger partial charge in [0.2, 0.25) is 0 Å². The number of thiazole rings is 1. The molecule has 0 aliphatic heterocycles. The average molecular weight is 1970 g/mol. The maximum absolute atomic E-state index is 4.70. The number of aromatic nitrogens is 8. The maximum atomic E-state index is 4.70. The lowest BCUT2D eigenvalue weighted by molar-refractivity contribution is -0.807. The van der Waals surface area contributed by atoms with Crippen molar-refractivity contribution in [3.05, 3.63) is 267 Å². The first kappa shape index (κ1) is 129. The fraction of sp³-hybridized carbons (Fsp3) is 0.628. The largest absolute Gasteiger partial charge is 0.268 e. The molecule has 0 fully saturated rings. The summed E-state index contributed by atoms with van der Waals surface area (Å²) in [5.74, 6) is 0. The summed E-state index contributed by atoms with van der Waals surface area (Å²) >= 11 is 5.67. The van der Waals surface area contributed by atoms with E-state index in [2.05, 4.69) is 574 Å². The molecule has 0 N–H and O–H groups in total. The molecule has 0 amide bonds. The van der Waals surface area contributed by atoms with E-state index in [1.165, 1.54) is 108 Å². The summed E-state index contributed by atoms with van der Waals surface area (Å²) in [4.78, 5) is 19.1. The normalized spacial score (nSPS) is 13.2. The molecule has 784 valence electrons. The highest BCUT2D eigenvalue weighted by Gasteiger charge is 2.32. The number of nitrogens with zero attached hydrogens (tertiary/aromatic N) is 8.